The highest BCUT2D eigenvalue weighted by Gasteiger charge is 2.28. The lowest BCUT2D eigenvalue weighted by molar-refractivity contribution is -0.134. The molecule has 1 aliphatic carbocycles. The van der Waals surface area contributed by atoms with Crippen LogP contribution in [0.25, 0.3) is 0 Å². The Morgan fingerprint density at radius 2 is 2.00 bits per heavy atom. The number of carbonyl (C=O) groups is 3. The van der Waals surface area contributed by atoms with Crippen molar-refractivity contribution in [2.75, 3.05) is 26.2 Å². The van der Waals surface area contributed by atoms with Gasteiger partial charge in [0.05, 0.1) is 17.3 Å². The number of thiophene rings is 1. The molecule has 26 heavy (non-hydrogen) atoms. The first-order valence-electron chi connectivity index (χ1n) is 9.53. The second-order valence-corrected chi connectivity index (χ2v) is 8.16. The summed E-state index contributed by atoms with van der Waals surface area (Å²) in [4.78, 5) is 40.5. The molecule has 2 N–H and O–H groups in total. The molecule has 1 aromatic rings. The maximum absolute atomic E-state index is 12.4. The summed E-state index contributed by atoms with van der Waals surface area (Å²) in [7, 11) is 0. The number of aryl methyl sites for hydroxylation is 2. The smallest absolute Gasteiger partial charge is 0.261 e. The maximum Gasteiger partial charge on any atom is 0.261 e. The average molecular weight is 378 g/mol. The Hall–Kier alpha value is -1.89. The summed E-state index contributed by atoms with van der Waals surface area (Å²) >= 11 is 1.55. The summed E-state index contributed by atoms with van der Waals surface area (Å²) in [5.74, 6) is -0.422. The topological polar surface area (TPSA) is 78.5 Å². The van der Waals surface area contributed by atoms with Crippen LogP contribution in [0.4, 0.5) is 0 Å². The fourth-order valence-electron chi connectivity index (χ4n) is 3.69. The van der Waals surface area contributed by atoms with Crippen molar-refractivity contribution in [1.82, 2.24) is 15.5 Å². The zero-order chi connectivity index (χ0) is 18.5. The fraction of sp³-hybridized carbons (Fsp3) is 0.632. The SMILES string of the molecule is CCNC(=O)C1CCCN(C(=O)CNC(=O)c2cc3c(s2)CCCC3)C1. The molecule has 3 rings (SSSR count). The van der Waals surface area contributed by atoms with Gasteiger partial charge in [-0.05, 0) is 57.1 Å². The molecule has 1 aliphatic heterocycles. The number of amides is 3. The van der Waals surface area contributed by atoms with Gasteiger partial charge in [-0.15, -0.1) is 11.3 Å². The van der Waals surface area contributed by atoms with Crippen molar-refractivity contribution in [2.45, 2.75) is 45.4 Å². The number of hydrogen-bond acceptors (Lipinski definition) is 4. The van der Waals surface area contributed by atoms with Crippen molar-refractivity contribution in [1.29, 1.82) is 0 Å². The summed E-state index contributed by atoms with van der Waals surface area (Å²) in [5.41, 5.74) is 1.29. The van der Waals surface area contributed by atoms with Crippen molar-refractivity contribution in [3.63, 3.8) is 0 Å². The first-order valence-corrected chi connectivity index (χ1v) is 10.4. The molecule has 1 fully saturated rings. The molecular formula is C19H27N3O3S. The molecule has 1 unspecified atom stereocenters. The molecule has 1 aromatic heterocycles. The van der Waals surface area contributed by atoms with E-state index in [2.05, 4.69) is 10.6 Å². The van der Waals surface area contributed by atoms with Gasteiger partial charge in [-0.2, -0.15) is 0 Å². The molecule has 0 aromatic carbocycles. The lowest BCUT2D eigenvalue weighted by Crippen LogP contribution is -2.48. The van der Waals surface area contributed by atoms with Crippen molar-refractivity contribution in [3.05, 3.63) is 21.4 Å². The first kappa shape index (κ1) is 18.9. The Balaban J connectivity index is 1.50. The van der Waals surface area contributed by atoms with Gasteiger partial charge >= 0.3 is 0 Å². The van der Waals surface area contributed by atoms with Crippen LogP contribution in [-0.2, 0) is 22.4 Å². The summed E-state index contributed by atoms with van der Waals surface area (Å²) in [6.07, 6.45) is 6.11. The van der Waals surface area contributed by atoms with E-state index in [0.717, 1.165) is 25.7 Å². The van der Waals surface area contributed by atoms with Gasteiger partial charge in [0.2, 0.25) is 11.8 Å². The Morgan fingerprint density at radius 1 is 1.19 bits per heavy atom. The monoisotopic (exact) mass is 377 g/mol. The van der Waals surface area contributed by atoms with Gasteiger partial charge in [-0.25, -0.2) is 0 Å². The molecule has 6 nitrogen and oxygen atoms in total. The third-order valence-electron chi connectivity index (χ3n) is 5.12. The van der Waals surface area contributed by atoms with Crippen molar-refractivity contribution >= 4 is 29.1 Å². The van der Waals surface area contributed by atoms with Gasteiger partial charge < -0.3 is 15.5 Å². The predicted octanol–water partition coefficient (Wildman–Crippen LogP) is 1.73. The van der Waals surface area contributed by atoms with Crippen molar-refractivity contribution < 1.29 is 14.4 Å². The minimum Gasteiger partial charge on any atom is -0.356 e. The molecule has 7 heteroatoms. The molecule has 2 aliphatic rings. The highest BCUT2D eigenvalue weighted by molar-refractivity contribution is 7.14. The van der Waals surface area contributed by atoms with E-state index in [1.165, 1.54) is 23.3 Å². The largest absolute Gasteiger partial charge is 0.356 e. The van der Waals surface area contributed by atoms with Crippen LogP contribution in [0.15, 0.2) is 6.07 Å². The lowest BCUT2D eigenvalue weighted by Gasteiger charge is -2.32. The van der Waals surface area contributed by atoms with Crippen LogP contribution in [0.3, 0.4) is 0 Å². The Bertz CT molecular complexity index is 662. The number of nitrogens with zero attached hydrogens (tertiary/aromatic N) is 1. The first-order chi connectivity index (χ1) is 12.6. The number of piperidine rings is 1. The van der Waals surface area contributed by atoms with E-state index < -0.39 is 0 Å². The van der Waals surface area contributed by atoms with Crippen molar-refractivity contribution in [3.8, 4) is 0 Å². The van der Waals surface area contributed by atoms with Crippen LogP contribution in [0, 0.1) is 5.92 Å². The molecule has 0 spiro atoms. The van der Waals surface area contributed by atoms with Crippen LogP contribution in [0.1, 0.15) is 52.7 Å². The van der Waals surface area contributed by atoms with Gasteiger partial charge in [0.25, 0.3) is 5.91 Å². The van der Waals surface area contributed by atoms with Gasteiger partial charge in [0.15, 0.2) is 0 Å². The third kappa shape index (κ3) is 4.44. The van der Waals surface area contributed by atoms with E-state index in [4.69, 9.17) is 0 Å². The van der Waals surface area contributed by atoms with Crippen LogP contribution >= 0.6 is 11.3 Å². The second kappa shape index (κ2) is 8.66. The van der Waals surface area contributed by atoms with Crippen molar-refractivity contribution in [2.24, 2.45) is 5.92 Å². The molecule has 3 amide bonds. The predicted molar refractivity (Wildman–Crippen MR) is 101 cm³/mol. The standard InChI is InChI=1S/C19H27N3O3S/c1-2-20-18(24)14-7-5-9-22(12-14)17(23)11-21-19(25)16-10-13-6-3-4-8-15(13)26-16/h10,14H,2-9,11-12H2,1H3,(H,20,24)(H,21,25). The quantitative estimate of drug-likeness (QED) is 0.820. The minimum atomic E-state index is -0.171. The highest BCUT2D eigenvalue weighted by atomic mass is 32.1. The average Bonchev–Trinajstić information content (AvgIpc) is 3.10. The molecule has 1 saturated heterocycles. The number of rotatable bonds is 5. The van der Waals surface area contributed by atoms with E-state index in [9.17, 15) is 14.4 Å². The number of nitrogens with one attached hydrogen (secondary N) is 2. The van der Waals surface area contributed by atoms with Gasteiger partial charge in [-0.1, -0.05) is 0 Å². The summed E-state index contributed by atoms with van der Waals surface area (Å²) in [5, 5.41) is 5.58. The van der Waals surface area contributed by atoms with E-state index in [0.29, 0.717) is 24.5 Å². The zero-order valence-electron chi connectivity index (χ0n) is 15.3. The number of hydrogen-bond donors (Lipinski definition) is 2. The fourth-order valence-corrected chi connectivity index (χ4v) is 4.86. The molecule has 0 bridgehead atoms. The van der Waals surface area contributed by atoms with Gasteiger partial charge in [0, 0.05) is 24.5 Å². The summed E-state index contributed by atoms with van der Waals surface area (Å²) in [6, 6.07) is 1.98. The van der Waals surface area contributed by atoms with Gasteiger partial charge in [0.1, 0.15) is 0 Å². The number of fused-ring (bicyclic) bond motifs is 1. The van der Waals surface area contributed by atoms with E-state index in [1.54, 1.807) is 16.2 Å². The molecule has 142 valence electrons. The molecule has 1 atom stereocenters. The van der Waals surface area contributed by atoms with Gasteiger partial charge in [-0.3, -0.25) is 14.4 Å². The van der Waals surface area contributed by atoms with E-state index in [1.807, 2.05) is 13.0 Å². The van der Waals surface area contributed by atoms with E-state index >= 15 is 0 Å². The third-order valence-corrected chi connectivity index (χ3v) is 6.35. The second-order valence-electron chi connectivity index (χ2n) is 7.02. The highest BCUT2D eigenvalue weighted by Crippen LogP contribution is 2.29. The maximum atomic E-state index is 12.4. The molecule has 0 radical (unpaired) electrons. The Labute approximate surface area is 158 Å². The zero-order valence-corrected chi connectivity index (χ0v) is 16.1. The Kier molecular flexibility index (Phi) is 6.29. The van der Waals surface area contributed by atoms with Crippen LogP contribution in [0.2, 0.25) is 0 Å². The summed E-state index contributed by atoms with van der Waals surface area (Å²) in [6.45, 7) is 3.57. The number of likely N-dealkylation sites (tertiary alicyclic amines) is 1. The minimum absolute atomic E-state index is 0.0104. The Morgan fingerprint density at radius 3 is 2.77 bits per heavy atom. The van der Waals surface area contributed by atoms with Crippen LogP contribution in [0.5, 0.6) is 0 Å². The molecular weight excluding hydrogens is 350 g/mol. The molecule has 2 heterocycles. The van der Waals surface area contributed by atoms with Crippen LogP contribution in [-0.4, -0.2) is 48.8 Å². The van der Waals surface area contributed by atoms with Crippen LogP contribution < -0.4 is 10.6 Å². The molecule has 0 saturated carbocycles. The summed E-state index contributed by atoms with van der Waals surface area (Å²) < 4.78 is 0. The number of carbonyl (C=O) groups excluding carboxylic acids is 3. The normalized spacial score (nSPS) is 19.6. The van der Waals surface area contributed by atoms with E-state index in [-0.39, 0.29) is 30.2 Å². The lowest BCUT2D eigenvalue weighted by atomic mass is 9.97.